The van der Waals surface area contributed by atoms with Crippen LogP contribution in [0, 0.1) is 6.92 Å². The fourth-order valence-electron chi connectivity index (χ4n) is 1.51. The molecular weight excluding hydrogens is 264 g/mol. The second-order valence-corrected chi connectivity index (χ2v) is 4.64. The number of amides is 1. The molecule has 5 nitrogen and oxygen atoms in total. The highest BCUT2D eigenvalue weighted by Gasteiger charge is 2.08. The van der Waals surface area contributed by atoms with Crippen molar-refractivity contribution in [3.63, 3.8) is 0 Å². The second kappa shape index (κ2) is 7.94. The monoisotopic (exact) mass is 284 g/mol. The van der Waals surface area contributed by atoms with Crippen molar-refractivity contribution in [1.29, 1.82) is 0 Å². The van der Waals surface area contributed by atoms with Gasteiger partial charge in [0, 0.05) is 31.5 Å². The second-order valence-electron chi connectivity index (χ2n) is 4.28. The van der Waals surface area contributed by atoms with Gasteiger partial charge in [0.15, 0.2) is 0 Å². The Morgan fingerprint density at radius 3 is 2.63 bits per heavy atom. The van der Waals surface area contributed by atoms with Crippen molar-refractivity contribution in [3.05, 3.63) is 16.5 Å². The van der Waals surface area contributed by atoms with Gasteiger partial charge in [0.25, 0.3) is 0 Å². The van der Waals surface area contributed by atoms with E-state index in [1.54, 1.807) is 0 Å². The fourth-order valence-corrected chi connectivity index (χ4v) is 1.70. The first-order chi connectivity index (χ1) is 9.08. The molecule has 0 radical (unpaired) electrons. The lowest BCUT2D eigenvalue weighted by Crippen LogP contribution is -2.26. The van der Waals surface area contributed by atoms with Gasteiger partial charge in [0.05, 0.1) is 0 Å². The maximum absolute atomic E-state index is 11.5. The van der Waals surface area contributed by atoms with Crippen LogP contribution in [0.2, 0.25) is 5.15 Å². The Hall–Kier alpha value is -1.36. The molecular formula is C13H21ClN4O. The molecule has 0 aliphatic heterocycles. The first-order valence-corrected chi connectivity index (χ1v) is 6.99. The molecule has 1 amide bonds. The van der Waals surface area contributed by atoms with Gasteiger partial charge in [-0.05, 0) is 13.3 Å². The highest BCUT2D eigenvalue weighted by molar-refractivity contribution is 6.30. The van der Waals surface area contributed by atoms with Crippen molar-refractivity contribution in [2.75, 3.05) is 18.4 Å². The Balaban J connectivity index is 2.53. The van der Waals surface area contributed by atoms with Crippen molar-refractivity contribution in [2.24, 2.45) is 0 Å². The largest absolute Gasteiger partial charge is 0.369 e. The van der Waals surface area contributed by atoms with E-state index < -0.39 is 0 Å². The summed E-state index contributed by atoms with van der Waals surface area (Å²) in [7, 11) is 0. The molecule has 0 aliphatic carbocycles. The van der Waals surface area contributed by atoms with Gasteiger partial charge in [0.2, 0.25) is 5.91 Å². The molecule has 1 heterocycles. The molecule has 0 atom stereocenters. The van der Waals surface area contributed by atoms with Crippen molar-refractivity contribution >= 4 is 23.3 Å². The van der Waals surface area contributed by atoms with Crippen LogP contribution in [0.5, 0.6) is 0 Å². The predicted molar refractivity (Wildman–Crippen MR) is 77.6 cm³/mol. The van der Waals surface area contributed by atoms with Gasteiger partial charge >= 0.3 is 0 Å². The zero-order chi connectivity index (χ0) is 14.3. The van der Waals surface area contributed by atoms with Crippen LogP contribution >= 0.6 is 11.6 Å². The molecule has 106 valence electrons. The molecule has 2 N–H and O–H groups in total. The summed E-state index contributed by atoms with van der Waals surface area (Å²) < 4.78 is 0. The number of rotatable bonds is 7. The van der Waals surface area contributed by atoms with E-state index in [2.05, 4.69) is 20.6 Å². The summed E-state index contributed by atoms with van der Waals surface area (Å²) in [4.78, 5) is 20.0. The van der Waals surface area contributed by atoms with Gasteiger partial charge < -0.3 is 10.6 Å². The van der Waals surface area contributed by atoms with Gasteiger partial charge in [-0.2, -0.15) is 0 Å². The van der Waals surface area contributed by atoms with Gasteiger partial charge in [-0.25, -0.2) is 9.97 Å². The van der Waals surface area contributed by atoms with Crippen LogP contribution < -0.4 is 10.6 Å². The van der Waals surface area contributed by atoms with E-state index in [1.165, 1.54) is 0 Å². The Bertz CT molecular complexity index is 437. The molecule has 0 saturated heterocycles. The van der Waals surface area contributed by atoms with Crippen molar-refractivity contribution in [3.8, 4) is 0 Å². The molecule has 0 aromatic carbocycles. The predicted octanol–water partition coefficient (Wildman–Crippen LogP) is 2.33. The summed E-state index contributed by atoms with van der Waals surface area (Å²) in [5.41, 5.74) is 0.813. The Morgan fingerprint density at radius 2 is 2.00 bits per heavy atom. The molecule has 0 bridgehead atoms. The first kappa shape index (κ1) is 15.7. The first-order valence-electron chi connectivity index (χ1n) is 6.62. The quantitative estimate of drug-likeness (QED) is 0.754. The zero-order valence-corrected chi connectivity index (χ0v) is 12.5. The molecule has 0 aliphatic rings. The number of aryl methyl sites for hydroxylation is 1. The van der Waals surface area contributed by atoms with Crippen LogP contribution in [0.15, 0.2) is 0 Å². The van der Waals surface area contributed by atoms with Crippen LogP contribution in [0.3, 0.4) is 0 Å². The maximum atomic E-state index is 11.5. The Kier molecular flexibility index (Phi) is 6.56. The molecule has 1 rings (SSSR count). The summed E-state index contributed by atoms with van der Waals surface area (Å²) in [5, 5.41) is 6.43. The summed E-state index contributed by atoms with van der Waals surface area (Å²) in [6.45, 7) is 7.12. The number of carbonyl (C=O) groups is 1. The number of nitrogens with zero attached hydrogens (tertiary/aromatic N) is 2. The fraction of sp³-hybridized carbons (Fsp3) is 0.615. The average molecular weight is 285 g/mol. The minimum atomic E-state index is 0.0443. The molecule has 19 heavy (non-hydrogen) atoms. The third-order valence-electron chi connectivity index (χ3n) is 2.67. The zero-order valence-electron chi connectivity index (χ0n) is 11.7. The summed E-state index contributed by atoms with van der Waals surface area (Å²) in [6.07, 6.45) is 2.09. The summed E-state index contributed by atoms with van der Waals surface area (Å²) in [6, 6.07) is 0. The lowest BCUT2D eigenvalue weighted by molar-refractivity contribution is -0.120. The van der Waals surface area contributed by atoms with E-state index in [-0.39, 0.29) is 5.91 Å². The molecule has 0 fully saturated rings. The van der Waals surface area contributed by atoms with E-state index in [9.17, 15) is 4.79 Å². The van der Waals surface area contributed by atoms with E-state index in [0.29, 0.717) is 29.8 Å². The SMILES string of the molecule is CCCNC(=O)CCNc1nc(CC)nc(Cl)c1C. The number of hydrogen-bond acceptors (Lipinski definition) is 4. The molecule has 1 aromatic rings. The van der Waals surface area contributed by atoms with Gasteiger partial charge in [-0.3, -0.25) is 4.79 Å². The number of nitrogens with one attached hydrogen (secondary N) is 2. The Labute approximate surface area is 119 Å². The molecule has 0 saturated carbocycles. The highest BCUT2D eigenvalue weighted by Crippen LogP contribution is 2.19. The van der Waals surface area contributed by atoms with Gasteiger partial charge in [-0.15, -0.1) is 0 Å². The molecule has 6 heteroatoms. The van der Waals surface area contributed by atoms with Crippen LogP contribution in [-0.4, -0.2) is 29.0 Å². The highest BCUT2D eigenvalue weighted by atomic mass is 35.5. The lowest BCUT2D eigenvalue weighted by atomic mass is 10.3. The lowest BCUT2D eigenvalue weighted by Gasteiger charge is -2.10. The average Bonchev–Trinajstić information content (AvgIpc) is 2.40. The summed E-state index contributed by atoms with van der Waals surface area (Å²) >= 11 is 6.04. The number of carbonyl (C=O) groups excluding carboxylic acids is 1. The van der Waals surface area contributed by atoms with E-state index >= 15 is 0 Å². The van der Waals surface area contributed by atoms with Crippen molar-refractivity contribution < 1.29 is 4.79 Å². The van der Waals surface area contributed by atoms with E-state index in [4.69, 9.17) is 11.6 Å². The minimum Gasteiger partial charge on any atom is -0.369 e. The van der Waals surface area contributed by atoms with Crippen molar-refractivity contribution in [2.45, 2.75) is 40.0 Å². The van der Waals surface area contributed by atoms with Crippen LogP contribution in [0.4, 0.5) is 5.82 Å². The van der Waals surface area contributed by atoms with E-state index in [0.717, 1.165) is 24.9 Å². The maximum Gasteiger partial charge on any atom is 0.221 e. The van der Waals surface area contributed by atoms with Gasteiger partial charge in [0.1, 0.15) is 16.8 Å². The van der Waals surface area contributed by atoms with Crippen LogP contribution in [-0.2, 0) is 11.2 Å². The minimum absolute atomic E-state index is 0.0443. The third-order valence-corrected chi connectivity index (χ3v) is 3.03. The summed E-state index contributed by atoms with van der Waals surface area (Å²) in [5.74, 6) is 1.46. The normalized spacial score (nSPS) is 10.3. The number of hydrogen-bond donors (Lipinski definition) is 2. The standard InChI is InChI=1S/C13H21ClN4O/c1-4-7-15-11(19)6-8-16-13-9(3)12(14)17-10(5-2)18-13/h4-8H2,1-3H3,(H,15,19)(H,16,17,18). The van der Waals surface area contributed by atoms with E-state index in [1.807, 2.05) is 20.8 Å². The number of halogens is 1. The Morgan fingerprint density at radius 1 is 1.26 bits per heavy atom. The topological polar surface area (TPSA) is 66.9 Å². The number of anilines is 1. The van der Waals surface area contributed by atoms with Gasteiger partial charge in [-0.1, -0.05) is 25.4 Å². The third kappa shape index (κ3) is 5.03. The molecule has 0 spiro atoms. The molecule has 1 aromatic heterocycles. The number of aromatic nitrogens is 2. The molecule has 0 unspecified atom stereocenters. The van der Waals surface area contributed by atoms with Crippen LogP contribution in [0.25, 0.3) is 0 Å². The smallest absolute Gasteiger partial charge is 0.221 e. The van der Waals surface area contributed by atoms with Crippen LogP contribution in [0.1, 0.15) is 38.1 Å². The van der Waals surface area contributed by atoms with Crippen molar-refractivity contribution in [1.82, 2.24) is 15.3 Å².